The van der Waals surface area contributed by atoms with Crippen LogP contribution in [0.1, 0.15) is 13.3 Å². The molecule has 76 valence electrons. The fourth-order valence-electron chi connectivity index (χ4n) is 1.79. The Labute approximate surface area is 77.8 Å². The van der Waals surface area contributed by atoms with E-state index in [0.717, 1.165) is 0 Å². The van der Waals surface area contributed by atoms with Gasteiger partial charge in [0.1, 0.15) is 0 Å². The third kappa shape index (κ3) is 2.42. The molecule has 0 radical (unpaired) electrons. The Morgan fingerprint density at radius 2 is 2.46 bits per heavy atom. The Hall–Kier alpha value is -0.610. The minimum atomic E-state index is -0.759. The number of carboxylic acids is 1. The summed E-state index contributed by atoms with van der Waals surface area (Å²) >= 11 is 0. The van der Waals surface area contributed by atoms with Gasteiger partial charge in [0.2, 0.25) is 0 Å². The molecule has 0 amide bonds. The van der Waals surface area contributed by atoms with Gasteiger partial charge in [-0.3, -0.25) is 4.79 Å². The van der Waals surface area contributed by atoms with Crippen LogP contribution in [0.5, 0.6) is 0 Å². The summed E-state index contributed by atoms with van der Waals surface area (Å²) in [5.41, 5.74) is 0. The Bertz CT molecular complexity index is 180. The van der Waals surface area contributed by atoms with Crippen molar-refractivity contribution >= 4 is 5.97 Å². The van der Waals surface area contributed by atoms with Gasteiger partial charge in [-0.05, 0) is 6.42 Å². The van der Waals surface area contributed by atoms with E-state index in [-0.39, 0.29) is 17.9 Å². The van der Waals surface area contributed by atoms with Crippen molar-refractivity contribution in [2.75, 3.05) is 20.3 Å². The van der Waals surface area contributed by atoms with Gasteiger partial charge in [0.25, 0.3) is 0 Å². The molecule has 1 heterocycles. The fourth-order valence-corrected chi connectivity index (χ4v) is 1.79. The van der Waals surface area contributed by atoms with Crippen molar-refractivity contribution in [2.45, 2.75) is 19.4 Å². The maximum absolute atomic E-state index is 10.8. The molecule has 0 aliphatic carbocycles. The summed E-state index contributed by atoms with van der Waals surface area (Å²) in [7, 11) is 1.61. The highest BCUT2D eigenvalue weighted by atomic mass is 16.5. The summed E-state index contributed by atoms with van der Waals surface area (Å²) in [5.74, 6) is -0.968. The summed E-state index contributed by atoms with van der Waals surface area (Å²) in [4.78, 5) is 10.8. The molecular weight excluding hydrogens is 172 g/mol. The molecule has 13 heavy (non-hydrogen) atoms. The van der Waals surface area contributed by atoms with Crippen molar-refractivity contribution in [1.29, 1.82) is 0 Å². The van der Waals surface area contributed by atoms with Crippen molar-refractivity contribution in [1.82, 2.24) is 0 Å². The van der Waals surface area contributed by atoms with Crippen molar-refractivity contribution in [3.05, 3.63) is 0 Å². The first-order valence-corrected chi connectivity index (χ1v) is 4.50. The maximum Gasteiger partial charge on any atom is 0.309 e. The Kier molecular flexibility index (Phi) is 3.69. The molecule has 3 unspecified atom stereocenters. The van der Waals surface area contributed by atoms with Gasteiger partial charge in [0.05, 0.1) is 18.6 Å². The highest BCUT2D eigenvalue weighted by Gasteiger charge is 2.37. The lowest BCUT2D eigenvalue weighted by Gasteiger charge is -2.21. The van der Waals surface area contributed by atoms with Gasteiger partial charge in [0.15, 0.2) is 0 Å². The van der Waals surface area contributed by atoms with Crippen LogP contribution in [0, 0.1) is 11.8 Å². The molecular formula is C9H16O4. The average Bonchev–Trinajstić information content (AvgIpc) is 2.52. The molecule has 0 aromatic rings. The van der Waals surface area contributed by atoms with E-state index in [1.807, 2.05) is 6.92 Å². The van der Waals surface area contributed by atoms with Crippen LogP contribution in [0.2, 0.25) is 0 Å². The van der Waals surface area contributed by atoms with Gasteiger partial charge in [0, 0.05) is 19.6 Å². The molecule has 1 aliphatic rings. The molecule has 1 rings (SSSR count). The molecule has 1 saturated heterocycles. The predicted octanol–water partition coefficient (Wildman–Crippen LogP) is 0.759. The first kappa shape index (κ1) is 10.5. The molecule has 0 spiro atoms. The Morgan fingerprint density at radius 1 is 1.77 bits per heavy atom. The number of carboxylic acid groups (broad SMARTS) is 1. The maximum atomic E-state index is 10.8. The van der Waals surface area contributed by atoms with Gasteiger partial charge in [-0.1, -0.05) is 6.92 Å². The zero-order valence-corrected chi connectivity index (χ0v) is 8.03. The van der Waals surface area contributed by atoms with E-state index in [2.05, 4.69) is 0 Å². The smallest absolute Gasteiger partial charge is 0.309 e. The van der Waals surface area contributed by atoms with Gasteiger partial charge >= 0.3 is 5.97 Å². The molecule has 0 aromatic heterocycles. The van der Waals surface area contributed by atoms with Crippen LogP contribution in [0.3, 0.4) is 0 Å². The quantitative estimate of drug-likeness (QED) is 0.707. The minimum absolute atomic E-state index is 0.147. The summed E-state index contributed by atoms with van der Waals surface area (Å²) in [6.07, 6.45) is 0.436. The second-order valence-corrected chi connectivity index (χ2v) is 3.50. The van der Waals surface area contributed by atoms with E-state index in [0.29, 0.717) is 19.6 Å². The minimum Gasteiger partial charge on any atom is -0.481 e. The topological polar surface area (TPSA) is 55.8 Å². The molecule has 4 nitrogen and oxygen atoms in total. The molecule has 3 atom stereocenters. The van der Waals surface area contributed by atoms with Crippen LogP contribution in [0.4, 0.5) is 0 Å². The highest BCUT2D eigenvalue weighted by molar-refractivity contribution is 5.71. The second kappa shape index (κ2) is 4.58. The molecule has 1 N–H and O–H groups in total. The number of ether oxygens (including phenoxy) is 2. The predicted molar refractivity (Wildman–Crippen MR) is 46.5 cm³/mol. The summed E-state index contributed by atoms with van der Waals surface area (Å²) in [6.45, 7) is 3.06. The fraction of sp³-hybridized carbons (Fsp3) is 0.889. The number of hydrogen-bond donors (Lipinski definition) is 1. The van der Waals surface area contributed by atoms with Crippen LogP contribution in [0.15, 0.2) is 0 Å². The summed E-state index contributed by atoms with van der Waals surface area (Å²) in [6, 6.07) is 0. The Morgan fingerprint density at radius 3 is 3.00 bits per heavy atom. The largest absolute Gasteiger partial charge is 0.481 e. The van der Waals surface area contributed by atoms with Crippen molar-refractivity contribution in [3.8, 4) is 0 Å². The molecule has 4 heteroatoms. The zero-order chi connectivity index (χ0) is 9.84. The van der Waals surface area contributed by atoms with Crippen molar-refractivity contribution in [2.24, 2.45) is 11.8 Å². The monoisotopic (exact) mass is 188 g/mol. The van der Waals surface area contributed by atoms with Gasteiger partial charge in [-0.15, -0.1) is 0 Å². The van der Waals surface area contributed by atoms with E-state index in [4.69, 9.17) is 14.6 Å². The number of aliphatic carboxylic acids is 1. The van der Waals surface area contributed by atoms with E-state index in [1.165, 1.54) is 0 Å². The van der Waals surface area contributed by atoms with E-state index < -0.39 is 5.97 Å². The third-order valence-electron chi connectivity index (χ3n) is 2.44. The molecule has 0 saturated carbocycles. The Balaban J connectivity index is 2.52. The second-order valence-electron chi connectivity index (χ2n) is 3.50. The lowest BCUT2D eigenvalue weighted by molar-refractivity contribution is -0.144. The van der Waals surface area contributed by atoms with Crippen LogP contribution < -0.4 is 0 Å². The molecule has 1 fully saturated rings. The van der Waals surface area contributed by atoms with Gasteiger partial charge in [-0.2, -0.15) is 0 Å². The lowest BCUT2D eigenvalue weighted by Crippen LogP contribution is -2.32. The number of carbonyl (C=O) groups is 1. The van der Waals surface area contributed by atoms with Crippen LogP contribution >= 0.6 is 0 Å². The van der Waals surface area contributed by atoms with Crippen molar-refractivity contribution in [3.63, 3.8) is 0 Å². The normalized spacial score (nSPS) is 30.3. The molecule has 1 aliphatic heterocycles. The van der Waals surface area contributed by atoms with Gasteiger partial charge in [-0.25, -0.2) is 0 Å². The van der Waals surface area contributed by atoms with Crippen LogP contribution in [0.25, 0.3) is 0 Å². The van der Waals surface area contributed by atoms with E-state index in [1.54, 1.807) is 7.11 Å². The molecule has 0 bridgehead atoms. The van der Waals surface area contributed by atoms with Crippen LogP contribution in [-0.2, 0) is 14.3 Å². The number of hydrogen-bond acceptors (Lipinski definition) is 3. The summed E-state index contributed by atoms with van der Waals surface area (Å²) < 4.78 is 10.4. The number of methoxy groups -OCH3 is 1. The highest BCUT2D eigenvalue weighted by Crippen LogP contribution is 2.27. The van der Waals surface area contributed by atoms with E-state index in [9.17, 15) is 4.79 Å². The molecule has 0 aromatic carbocycles. The average molecular weight is 188 g/mol. The van der Waals surface area contributed by atoms with Crippen LogP contribution in [-0.4, -0.2) is 37.5 Å². The zero-order valence-electron chi connectivity index (χ0n) is 8.03. The van der Waals surface area contributed by atoms with E-state index >= 15 is 0 Å². The summed E-state index contributed by atoms with van der Waals surface area (Å²) in [5, 5.41) is 8.88. The first-order chi connectivity index (χ1) is 6.16. The number of rotatable bonds is 4. The standard InChI is InChI=1S/C9H16O4/c1-6(5-12-2)8-7(9(10)11)3-4-13-8/h6-8H,3-5H2,1-2H3,(H,10,11). The first-order valence-electron chi connectivity index (χ1n) is 4.50. The van der Waals surface area contributed by atoms with Crippen molar-refractivity contribution < 1.29 is 19.4 Å². The lowest BCUT2D eigenvalue weighted by atomic mass is 9.92. The SMILES string of the molecule is COCC(C)C1OCCC1C(=O)O. The van der Waals surface area contributed by atoms with Gasteiger partial charge < -0.3 is 14.6 Å². The third-order valence-corrected chi connectivity index (χ3v) is 2.44.